The Balaban J connectivity index is 2.17. The lowest BCUT2D eigenvalue weighted by molar-refractivity contribution is -0.384. The quantitative estimate of drug-likeness (QED) is 0.625. The van der Waals surface area contributed by atoms with E-state index in [2.05, 4.69) is 0 Å². The molecular weight excluding hydrogens is 280 g/mol. The number of sulfone groups is 1. The minimum Gasteiger partial charge on any atom is -0.369 e. The van der Waals surface area contributed by atoms with Crippen LogP contribution < -0.4 is 4.90 Å². The van der Waals surface area contributed by atoms with Gasteiger partial charge in [-0.3, -0.25) is 10.1 Å². The summed E-state index contributed by atoms with van der Waals surface area (Å²) >= 11 is 0. The number of benzene rings is 1. The molecule has 7 heteroatoms. The summed E-state index contributed by atoms with van der Waals surface area (Å²) in [4.78, 5) is 12.5. The van der Waals surface area contributed by atoms with Crippen LogP contribution in [0.25, 0.3) is 0 Å². The molecule has 1 aromatic rings. The molecule has 1 saturated heterocycles. The molecular formula is C13H18N2O4S. The van der Waals surface area contributed by atoms with Gasteiger partial charge in [-0.1, -0.05) is 6.07 Å². The zero-order chi connectivity index (χ0) is 14.9. The summed E-state index contributed by atoms with van der Waals surface area (Å²) in [5, 5.41) is 11.1. The van der Waals surface area contributed by atoms with Crippen molar-refractivity contribution in [2.75, 3.05) is 30.0 Å². The van der Waals surface area contributed by atoms with Crippen molar-refractivity contribution >= 4 is 21.2 Å². The fourth-order valence-electron chi connectivity index (χ4n) is 2.60. The molecule has 0 radical (unpaired) electrons. The van der Waals surface area contributed by atoms with Gasteiger partial charge in [-0.25, -0.2) is 8.42 Å². The van der Waals surface area contributed by atoms with E-state index < -0.39 is 14.8 Å². The lowest BCUT2D eigenvalue weighted by Crippen LogP contribution is -2.26. The van der Waals surface area contributed by atoms with Crippen molar-refractivity contribution in [2.45, 2.75) is 13.3 Å². The number of nitro groups is 1. The first kappa shape index (κ1) is 14.8. The van der Waals surface area contributed by atoms with E-state index in [1.54, 1.807) is 24.9 Å². The van der Waals surface area contributed by atoms with Crippen LogP contribution in [0.5, 0.6) is 0 Å². The number of nitrogens with zero attached hydrogens (tertiary/aromatic N) is 2. The summed E-state index contributed by atoms with van der Waals surface area (Å²) in [6.45, 7) is 2.32. The largest absolute Gasteiger partial charge is 0.369 e. The number of anilines is 1. The van der Waals surface area contributed by atoms with Gasteiger partial charge in [0.15, 0.2) is 9.84 Å². The molecule has 1 atom stereocenters. The van der Waals surface area contributed by atoms with Crippen molar-refractivity contribution in [2.24, 2.45) is 5.92 Å². The Hall–Kier alpha value is -1.63. The van der Waals surface area contributed by atoms with Crippen LogP contribution in [-0.4, -0.2) is 38.4 Å². The predicted octanol–water partition coefficient (Wildman–Crippen LogP) is 1.77. The van der Waals surface area contributed by atoms with E-state index in [-0.39, 0.29) is 23.1 Å². The van der Waals surface area contributed by atoms with Crippen molar-refractivity contribution in [1.29, 1.82) is 0 Å². The van der Waals surface area contributed by atoms with Crippen LogP contribution in [0.3, 0.4) is 0 Å². The Morgan fingerprint density at radius 2 is 2.15 bits per heavy atom. The topological polar surface area (TPSA) is 80.5 Å². The second-order valence-electron chi connectivity index (χ2n) is 5.40. The predicted molar refractivity (Wildman–Crippen MR) is 77.9 cm³/mol. The van der Waals surface area contributed by atoms with Crippen LogP contribution >= 0.6 is 0 Å². The molecule has 20 heavy (non-hydrogen) atoms. The van der Waals surface area contributed by atoms with Gasteiger partial charge in [0, 0.05) is 19.7 Å². The fraction of sp³-hybridized carbons (Fsp3) is 0.538. The van der Waals surface area contributed by atoms with E-state index >= 15 is 0 Å². The van der Waals surface area contributed by atoms with Gasteiger partial charge in [-0.15, -0.1) is 0 Å². The summed E-state index contributed by atoms with van der Waals surface area (Å²) in [7, 11) is -1.15. The maximum atomic E-state index is 11.5. The minimum atomic E-state index is -2.92. The highest BCUT2D eigenvalue weighted by Crippen LogP contribution is 2.30. The minimum absolute atomic E-state index is 0.0471. The maximum Gasteiger partial charge on any atom is 0.292 e. The van der Waals surface area contributed by atoms with E-state index in [1.807, 2.05) is 6.07 Å². The summed E-state index contributed by atoms with van der Waals surface area (Å²) < 4.78 is 22.9. The van der Waals surface area contributed by atoms with Gasteiger partial charge in [0.1, 0.15) is 5.69 Å². The lowest BCUT2D eigenvalue weighted by atomic mass is 10.1. The second-order valence-corrected chi connectivity index (χ2v) is 7.63. The Morgan fingerprint density at radius 1 is 1.45 bits per heavy atom. The maximum absolute atomic E-state index is 11.5. The summed E-state index contributed by atoms with van der Waals surface area (Å²) in [6, 6.07) is 5.08. The highest BCUT2D eigenvalue weighted by molar-refractivity contribution is 7.91. The third-order valence-corrected chi connectivity index (χ3v) is 5.43. The Kier molecular flexibility index (Phi) is 3.99. The van der Waals surface area contributed by atoms with Crippen molar-refractivity contribution in [3.63, 3.8) is 0 Å². The molecule has 0 amide bonds. The van der Waals surface area contributed by atoms with Crippen LogP contribution in [0.4, 0.5) is 11.4 Å². The van der Waals surface area contributed by atoms with E-state index in [0.29, 0.717) is 18.7 Å². The fourth-order valence-corrected chi connectivity index (χ4v) is 4.45. The monoisotopic (exact) mass is 298 g/mol. The molecule has 1 aromatic carbocycles. The normalized spacial score (nSPS) is 20.8. The van der Waals surface area contributed by atoms with Crippen LogP contribution in [0.2, 0.25) is 0 Å². The number of hydrogen-bond acceptors (Lipinski definition) is 5. The Bertz CT molecular complexity index is 627. The smallest absolute Gasteiger partial charge is 0.292 e. The van der Waals surface area contributed by atoms with Crippen molar-refractivity contribution in [1.82, 2.24) is 0 Å². The van der Waals surface area contributed by atoms with Crippen molar-refractivity contribution in [3.8, 4) is 0 Å². The third kappa shape index (κ3) is 3.27. The highest BCUT2D eigenvalue weighted by Gasteiger charge is 2.29. The van der Waals surface area contributed by atoms with E-state index in [9.17, 15) is 18.5 Å². The summed E-state index contributed by atoms with van der Waals surface area (Å²) in [5.74, 6) is 0.448. The van der Waals surface area contributed by atoms with Crippen LogP contribution in [0.1, 0.15) is 12.0 Å². The van der Waals surface area contributed by atoms with Gasteiger partial charge < -0.3 is 4.90 Å². The molecule has 110 valence electrons. The third-order valence-electron chi connectivity index (χ3n) is 3.60. The van der Waals surface area contributed by atoms with Gasteiger partial charge in [-0.2, -0.15) is 0 Å². The Morgan fingerprint density at radius 3 is 2.70 bits per heavy atom. The molecule has 6 nitrogen and oxygen atoms in total. The van der Waals surface area contributed by atoms with Gasteiger partial charge in [0.2, 0.25) is 0 Å². The van der Waals surface area contributed by atoms with Crippen molar-refractivity contribution in [3.05, 3.63) is 33.9 Å². The highest BCUT2D eigenvalue weighted by atomic mass is 32.2. The average molecular weight is 298 g/mol. The first-order valence-electron chi connectivity index (χ1n) is 6.45. The zero-order valence-electron chi connectivity index (χ0n) is 11.6. The zero-order valence-corrected chi connectivity index (χ0v) is 12.4. The van der Waals surface area contributed by atoms with Crippen molar-refractivity contribution < 1.29 is 13.3 Å². The van der Waals surface area contributed by atoms with E-state index in [4.69, 9.17) is 0 Å². The molecule has 0 aliphatic carbocycles. The number of rotatable bonds is 4. The average Bonchev–Trinajstić information content (AvgIpc) is 2.68. The van der Waals surface area contributed by atoms with Gasteiger partial charge in [-0.05, 0) is 30.9 Å². The molecule has 1 aliphatic rings. The van der Waals surface area contributed by atoms with Gasteiger partial charge in [0.05, 0.1) is 16.4 Å². The standard InChI is InChI=1S/C13H18N2O4S/c1-10-3-4-12(13(7-10)15(16)17)14(2)8-11-5-6-20(18,19)9-11/h3-4,7,11H,5-6,8-9H2,1-2H3/t11-/m0/s1. The van der Waals surface area contributed by atoms with E-state index in [1.165, 1.54) is 6.07 Å². The van der Waals surface area contributed by atoms with Crippen LogP contribution in [-0.2, 0) is 9.84 Å². The molecule has 0 spiro atoms. The SMILES string of the molecule is Cc1ccc(N(C)C[C@@H]2CCS(=O)(=O)C2)c([N+](=O)[O-])c1. The molecule has 0 N–H and O–H groups in total. The molecule has 1 aliphatic heterocycles. The number of nitro benzene ring substituents is 1. The number of aryl methyl sites for hydroxylation is 1. The van der Waals surface area contributed by atoms with E-state index in [0.717, 1.165) is 5.56 Å². The lowest BCUT2D eigenvalue weighted by Gasteiger charge is -2.22. The Labute approximate surface area is 118 Å². The molecule has 0 bridgehead atoms. The molecule has 0 aromatic heterocycles. The molecule has 1 fully saturated rings. The second kappa shape index (κ2) is 5.40. The van der Waals surface area contributed by atoms with Gasteiger partial charge in [0.25, 0.3) is 5.69 Å². The van der Waals surface area contributed by atoms with Crippen LogP contribution in [0, 0.1) is 23.0 Å². The first-order chi connectivity index (χ1) is 9.28. The molecule has 1 heterocycles. The molecule has 0 saturated carbocycles. The first-order valence-corrected chi connectivity index (χ1v) is 8.27. The molecule has 0 unspecified atom stereocenters. The van der Waals surface area contributed by atoms with Gasteiger partial charge >= 0.3 is 0 Å². The summed E-state index contributed by atoms with van der Waals surface area (Å²) in [6.07, 6.45) is 0.631. The summed E-state index contributed by atoms with van der Waals surface area (Å²) in [5.41, 5.74) is 1.43. The number of hydrogen-bond donors (Lipinski definition) is 0. The molecule has 2 rings (SSSR count). The van der Waals surface area contributed by atoms with Crippen LogP contribution in [0.15, 0.2) is 18.2 Å².